The Hall–Kier alpha value is -1.72. The molecule has 1 N–H and O–H groups in total. The normalized spacial score (nSPS) is 24.9. The van der Waals surface area contributed by atoms with Gasteiger partial charge < -0.3 is 10.2 Å². The fraction of sp³-hybridized carbons (Fsp3) is 0.688. The van der Waals surface area contributed by atoms with Crippen LogP contribution < -0.4 is 10.2 Å². The number of aromatic nitrogens is 2. The maximum atomic E-state index is 14.2. The second-order valence-electron chi connectivity index (χ2n) is 6.99. The van der Waals surface area contributed by atoms with Gasteiger partial charge in [0.25, 0.3) is 0 Å². The summed E-state index contributed by atoms with van der Waals surface area (Å²) in [7, 11) is 0. The van der Waals surface area contributed by atoms with Gasteiger partial charge in [0.2, 0.25) is 5.91 Å². The van der Waals surface area contributed by atoms with Gasteiger partial charge in [-0.25, -0.2) is 14.4 Å². The van der Waals surface area contributed by atoms with Crippen molar-refractivity contribution in [2.45, 2.75) is 46.6 Å². The lowest BCUT2D eigenvalue weighted by Gasteiger charge is -2.50. The number of carbonyl (C=O) groups excluding carboxylic acids is 1. The smallest absolute Gasteiger partial charge is 0.228 e. The molecule has 1 amide bonds. The number of nitrogens with one attached hydrogen (secondary N) is 1. The van der Waals surface area contributed by atoms with E-state index < -0.39 is 0 Å². The first-order valence-electron chi connectivity index (χ1n) is 7.87. The van der Waals surface area contributed by atoms with Crippen molar-refractivity contribution in [3.63, 3.8) is 0 Å². The highest BCUT2D eigenvalue weighted by molar-refractivity contribution is 5.89. The lowest BCUT2D eigenvalue weighted by atomic mass is 9.68. The number of aryl methyl sites for hydroxylation is 2. The molecule has 2 fully saturated rings. The number of β-lactam (4-membered cyclic amide) rings is 1. The molecule has 1 atom stereocenters. The van der Waals surface area contributed by atoms with Crippen molar-refractivity contribution >= 4 is 11.7 Å². The van der Waals surface area contributed by atoms with Crippen molar-refractivity contribution in [1.29, 1.82) is 0 Å². The Morgan fingerprint density at radius 1 is 1.23 bits per heavy atom. The SMILES string of the molecule is Cc1nc(C)c(F)c(N2CCC(C3NC(=O)C3(C)C)CC2)n1. The number of amides is 1. The fourth-order valence-corrected chi connectivity index (χ4v) is 3.61. The summed E-state index contributed by atoms with van der Waals surface area (Å²) in [4.78, 5) is 22.0. The molecule has 120 valence electrons. The Morgan fingerprint density at radius 2 is 1.86 bits per heavy atom. The van der Waals surface area contributed by atoms with Gasteiger partial charge >= 0.3 is 0 Å². The zero-order valence-corrected chi connectivity index (χ0v) is 13.6. The van der Waals surface area contributed by atoms with Crippen molar-refractivity contribution in [2.75, 3.05) is 18.0 Å². The first-order chi connectivity index (χ1) is 10.3. The van der Waals surface area contributed by atoms with Crippen LogP contribution in [0.25, 0.3) is 0 Å². The van der Waals surface area contributed by atoms with E-state index in [2.05, 4.69) is 15.3 Å². The quantitative estimate of drug-likeness (QED) is 0.849. The van der Waals surface area contributed by atoms with Crippen LogP contribution in [0.1, 0.15) is 38.2 Å². The van der Waals surface area contributed by atoms with E-state index in [1.165, 1.54) is 0 Å². The molecule has 2 aliphatic heterocycles. The van der Waals surface area contributed by atoms with Crippen LogP contribution in [0.3, 0.4) is 0 Å². The maximum Gasteiger partial charge on any atom is 0.228 e. The fourth-order valence-electron chi connectivity index (χ4n) is 3.61. The van der Waals surface area contributed by atoms with Gasteiger partial charge in [-0.1, -0.05) is 0 Å². The Morgan fingerprint density at radius 3 is 2.41 bits per heavy atom. The summed E-state index contributed by atoms with van der Waals surface area (Å²) in [5.74, 6) is 1.29. The van der Waals surface area contributed by atoms with Gasteiger partial charge in [-0.3, -0.25) is 4.79 Å². The molecule has 3 heterocycles. The van der Waals surface area contributed by atoms with Crippen LogP contribution >= 0.6 is 0 Å². The van der Waals surface area contributed by atoms with E-state index in [0.717, 1.165) is 25.9 Å². The summed E-state index contributed by atoms with van der Waals surface area (Å²) in [5.41, 5.74) is 0.122. The van der Waals surface area contributed by atoms with E-state index in [4.69, 9.17) is 0 Å². The number of nitrogens with zero attached hydrogens (tertiary/aromatic N) is 3. The van der Waals surface area contributed by atoms with Gasteiger partial charge in [-0.15, -0.1) is 0 Å². The molecule has 3 rings (SSSR count). The van der Waals surface area contributed by atoms with Gasteiger partial charge in [0, 0.05) is 19.1 Å². The number of halogens is 1. The van der Waals surface area contributed by atoms with Gasteiger partial charge in [0.05, 0.1) is 11.1 Å². The highest BCUT2D eigenvalue weighted by atomic mass is 19.1. The molecular formula is C16H23FN4O. The number of rotatable bonds is 2. The zero-order chi connectivity index (χ0) is 16.1. The molecule has 6 heteroatoms. The van der Waals surface area contributed by atoms with Crippen molar-refractivity contribution in [3.05, 3.63) is 17.3 Å². The molecule has 0 aromatic carbocycles. The molecule has 0 spiro atoms. The predicted molar refractivity (Wildman–Crippen MR) is 82.1 cm³/mol. The number of hydrogen-bond donors (Lipinski definition) is 1. The van der Waals surface area contributed by atoms with Crippen molar-refractivity contribution in [2.24, 2.45) is 11.3 Å². The highest BCUT2D eigenvalue weighted by Gasteiger charge is 2.51. The van der Waals surface area contributed by atoms with E-state index in [9.17, 15) is 9.18 Å². The summed E-state index contributed by atoms with van der Waals surface area (Å²) in [5, 5.41) is 3.03. The van der Waals surface area contributed by atoms with Gasteiger partial charge in [-0.05, 0) is 46.5 Å². The third kappa shape index (κ3) is 2.34. The molecule has 2 saturated heterocycles. The van der Waals surface area contributed by atoms with Crippen LogP contribution in [-0.2, 0) is 4.79 Å². The van der Waals surface area contributed by atoms with Crippen molar-refractivity contribution in [3.8, 4) is 0 Å². The van der Waals surface area contributed by atoms with Crippen LogP contribution in [-0.4, -0.2) is 35.0 Å². The van der Waals surface area contributed by atoms with E-state index in [-0.39, 0.29) is 23.2 Å². The Balaban J connectivity index is 1.69. The third-order valence-corrected chi connectivity index (χ3v) is 5.07. The minimum atomic E-state index is -0.318. The molecule has 1 unspecified atom stereocenters. The number of anilines is 1. The lowest BCUT2D eigenvalue weighted by Crippen LogP contribution is -2.67. The second-order valence-corrected chi connectivity index (χ2v) is 6.99. The van der Waals surface area contributed by atoms with Crippen molar-refractivity contribution < 1.29 is 9.18 Å². The average molecular weight is 306 g/mol. The molecule has 5 nitrogen and oxygen atoms in total. The van der Waals surface area contributed by atoms with Crippen LogP contribution in [0.15, 0.2) is 0 Å². The lowest BCUT2D eigenvalue weighted by molar-refractivity contribution is -0.145. The average Bonchev–Trinajstić information content (AvgIpc) is 2.48. The number of hydrogen-bond acceptors (Lipinski definition) is 4. The molecule has 22 heavy (non-hydrogen) atoms. The first-order valence-corrected chi connectivity index (χ1v) is 7.87. The minimum Gasteiger partial charge on any atom is -0.354 e. The summed E-state index contributed by atoms with van der Waals surface area (Å²) in [6.45, 7) is 8.99. The molecule has 0 radical (unpaired) electrons. The Kier molecular flexibility index (Phi) is 3.57. The minimum absolute atomic E-state index is 0.132. The van der Waals surface area contributed by atoms with Gasteiger partial charge in [0.15, 0.2) is 11.6 Å². The third-order valence-electron chi connectivity index (χ3n) is 5.07. The predicted octanol–water partition coefficient (Wildman–Crippen LogP) is 1.97. The molecular weight excluding hydrogens is 283 g/mol. The van der Waals surface area contributed by atoms with E-state index >= 15 is 0 Å². The molecule has 1 aromatic rings. The van der Waals surface area contributed by atoms with E-state index in [1.54, 1.807) is 13.8 Å². The summed E-state index contributed by atoms with van der Waals surface area (Å²) >= 11 is 0. The highest BCUT2D eigenvalue weighted by Crippen LogP contribution is 2.39. The summed E-state index contributed by atoms with van der Waals surface area (Å²) < 4.78 is 14.2. The van der Waals surface area contributed by atoms with Gasteiger partial charge in [0.1, 0.15) is 5.82 Å². The monoisotopic (exact) mass is 306 g/mol. The standard InChI is InChI=1S/C16H23FN4O/c1-9-12(17)14(19-10(2)18-9)21-7-5-11(6-8-21)13-16(3,4)15(22)20-13/h11,13H,5-8H2,1-4H3,(H,20,22). The van der Waals surface area contributed by atoms with Crippen molar-refractivity contribution in [1.82, 2.24) is 15.3 Å². The molecule has 0 saturated carbocycles. The summed E-state index contributed by atoms with van der Waals surface area (Å²) in [6, 6.07) is 0.237. The number of carbonyl (C=O) groups is 1. The van der Waals surface area contributed by atoms with E-state index in [1.807, 2.05) is 18.7 Å². The molecule has 0 bridgehead atoms. The topological polar surface area (TPSA) is 58.1 Å². The van der Waals surface area contributed by atoms with Crippen LogP contribution in [0, 0.1) is 31.0 Å². The largest absolute Gasteiger partial charge is 0.354 e. The van der Waals surface area contributed by atoms with Crippen LogP contribution in [0.4, 0.5) is 10.2 Å². The van der Waals surface area contributed by atoms with E-state index in [0.29, 0.717) is 23.3 Å². The van der Waals surface area contributed by atoms with Crippen LogP contribution in [0.5, 0.6) is 0 Å². The van der Waals surface area contributed by atoms with Crippen LogP contribution in [0.2, 0.25) is 0 Å². The molecule has 0 aliphatic carbocycles. The molecule has 2 aliphatic rings. The van der Waals surface area contributed by atoms with Gasteiger partial charge in [-0.2, -0.15) is 0 Å². The zero-order valence-electron chi connectivity index (χ0n) is 13.6. The first kappa shape index (κ1) is 15.2. The number of piperidine rings is 1. The Labute approximate surface area is 130 Å². The molecule has 1 aromatic heterocycles. The maximum absolute atomic E-state index is 14.2. The summed E-state index contributed by atoms with van der Waals surface area (Å²) in [6.07, 6.45) is 1.88. The Bertz CT molecular complexity index is 608. The second kappa shape index (κ2) is 5.18.